The van der Waals surface area contributed by atoms with Gasteiger partial charge in [0.1, 0.15) is 12.4 Å². The van der Waals surface area contributed by atoms with Crippen molar-refractivity contribution in [2.24, 2.45) is 0 Å². The number of nitrogens with zero attached hydrogens (tertiary/aromatic N) is 3. The normalized spacial score (nSPS) is 10.8. The predicted octanol–water partition coefficient (Wildman–Crippen LogP) is 4.18. The van der Waals surface area contributed by atoms with Crippen molar-refractivity contribution >= 4 is 17.7 Å². The maximum atomic E-state index is 12.3. The van der Waals surface area contributed by atoms with Crippen LogP contribution in [0.5, 0.6) is 5.75 Å². The van der Waals surface area contributed by atoms with Crippen LogP contribution in [0.25, 0.3) is 11.6 Å². The van der Waals surface area contributed by atoms with Crippen molar-refractivity contribution in [2.45, 2.75) is 18.6 Å². The third kappa shape index (κ3) is 5.59. The molecule has 0 aliphatic heterocycles. The molecule has 0 spiro atoms. The lowest BCUT2D eigenvalue weighted by atomic mass is 10.2. The third-order valence-corrected chi connectivity index (χ3v) is 5.72. The van der Waals surface area contributed by atoms with E-state index in [1.54, 1.807) is 6.26 Å². The van der Waals surface area contributed by atoms with E-state index in [0.717, 1.165) is 16.9 Å². The first-order valence-corrected chi connectivity index (χ1v) is 11.3. The molecule has 0 radical (unpaired) electrons. The zero-order chi connectivity index (χ0) is 22.2. The molecule has 0 bridgehead atoms. The summed E-state index contributed by atoms with van der Waals surface area (Å²) >= 11 is 1.34. The quantitative estimate of drug-likeness (QED) is 0.289. The van der Waals surface area contributed by atoms with E-state index in [0.29, 0.717) is 36.4 Å². The number of hydrogen-bond acceptors (Lipinski definition) is 6. The Morgan fingerprint density at radius 1 is 1.06 bits per heavy atom. The number of ether oxygens (including phenoxy) is 1. The number of carbonyl (C=O) groups excluding carboxylic acids is 1. The summed E-state index contributed by atoms with van der Waals surface area (Å²) in [6.07, 6.45) is 1.61. The minimum Gasteiger partial charge on any atom is -0.491 e. The van der Waals surface area contributed by atoms with Gasteiger partial charge in [-0.15, -0.1) is 10.2 Å². The molecule has 0 aliphatic rings. The van der Waals surface area contributed by atoms with Crippen LogP contribution in [0.15, 0.2) is 82.6 Å². The fraction of sp³-hybridized carbons (Fsp3) is 0.208. The molecule has 4 rings (SSSR count). The molecule has 2 heterocycles. The minimum atomic E-state index is -0.0859. The van der Waals surface area contributed by atoms with Gasteiger partial charge in [-0.3, -0.25) is 9.36 Å². The lowest BCUT2D eigenvalue weighted by Crippen LogP contribution is -2.29. The number of rotatable bonds is 10. The molecule has 4 aromatic rings. The number of amides is 1. The van der Waals surface area contributed by atoms with Crippen LogP contribution in [0.3, 0.4) is 0 Å². The summed E-state index contributed by atoms with van der Waals surface area (Å²) in [5.74, 6) is 2.24. The van der Waals surface area contributed by atoms with Crippen molar-refractivity contribution < 1.29 is 13.9 Å². The molecule has 0 unspecified atom stereocenters. The monoisotopic (exact) mass is 448 g/mol. The molecule has 1 N–H and O–H groups in total. The summed E-state index contributed by atoms with van der Waals surface area (Å²) in [6, 6.07) is 21.5. The minimum absolute atomic E-state index is 0.0859. The predicted molar refractivity (Wildman–Crippen MR) is 124 cm³/mol. The number of nitrogens with one attached hydrogen (secondary N) is 1. The smallest absolute Gasteiger partial charge is 0.230 e. The van der Waals surface area contributed by atoms with Gasteiger partial charge in [0.05, 0.1) is 25.1 Å². The molecular weight excluding hydrogens is 424 g/mol. The Morgan fingerprint density at radius 2 is 1.88 bits per heavy atom. The van der Waals surface area contributed by atoms with Crippen LogP contribution < -0.4 is 10.1 Å². The van der Waals surface area contributed by atoms with Gasteiger partial charge in [0, 0.05) is 0 Å². The first-order chi connectivity index (χ1) is 15.7. The Kier molecular flexibility index (Phi) is 7.24. The van der Waals surface area contributed by atoms with Gasteiger partial charge in [-0.05, 0) is 36.2 Å². The van der Waals surface area contributed by atoms with Gasteiger partial charge < -0.3 is 14.5 Å². The molecule has 2 aromatic heterocycles. The summed E-state index contributed by atoms with van der Waals surface area (Å²) in [5.41, 5.74) is 2.18. The van der Waals surface area contributed by atoms with Crippen molar-refractivity contribution in [3.05, 3.63) is 84.1 Å². The van der Waals surface area contributed by atoms with Crippen molar-refractivity contribution in [3.63, 3.8) is 0 Å². The zero-order valence-corrected chi connectivity index (χ0v) is 18.5. The maximum Gasteiger partial charge on any atom is 0.230 e. The van der Waals surface area contributed by atoms with Crippen molar-refractivity contribution in [1.29, 1.82) is 0 Å². The van der Waals surface area contributed by atoms with Crippen molar-refractivity contribution in [1.82, 2.24) is 20.1 Å². The molecule has 0 atom stereocenters. The van der Waals surface area contributed by atoms with Crippen LogP contribution in [-0.2, 0) is 11.3 Å². The highest BCUT2D eigenvalue weighted by Crippen LogP contribution is 2.25. The van der Waals surface area contributed by atoms with Crippen LogP contribution >= 0.6 is 11.8 Å². The average Bonchev–Trinajstić information content (AvgIpc) is 3.47. The molecule has 0 saturated carbocycles. The van der Waals surface area contributed by atoms with Crippen molar-refractivity contribution in [2.75, 3.05) is 18.9 Å². The Balaban J connectivity index is 1.34. The van der Waals surface area contributed by atoms with Crippen LogP contribution in [0, 0.1) is 6.92 Å². The van der Waals surface area contributed by atoms with E-state index in [2.05, 4.69) is 15.5 Å². The Labute approximate surface area is 190 Å². The van der Waals surface area contributed by atoms with Gasteiger partial charge in [0.25, 0.3) is 0 Å². The summed E-state index contributed by atoms with van der Waals surface area (Å²) in [5, 5.41) is 12.1. The van der Waals surface area contributed by atoms with E-state index in [1.807, 2.05) is 78.2 Å². The third-order valence-electron chi connectivity index (χ3n) is 4.75. The summed E-state index contributed by atoms with van der Waals surface area (Å²) in [4.78, 5) is 12.3. The molecule has 32 heavy (non-hydrogen) atoms. The average molecular weight is 449 g/mol. The van der Waals surface area contributed by atoms with Crippen molar-refractivity contribution in [3.8, 4) is 17.3 Å². The Morgan fingerprint density at radius 3 is 2.66 bits per heavy atom. The fourth-order valence-electron chi connectivity index (χ4n) is 3.14. The standard InChI is InChI=1S/C24H24N4O3S/c1-18-8-5-6-11-20(18)31-15-13-25-22(29)17-32-24-27-26-23(21-12-7-14-30-21)28(24)16-19-9-3-2-4-10-19/h2-12,14H,13,15-17H2,1H3,(H,25,29). The molecule has 164 valence electrons. The highest BCUT2D eigenvalue weighted by atomic mass is 32.2. The molecule has 1 amide bonds. The fourth-order valence-corrected chi connectivity index (χ4v) is 3.91. The second-order valence-electron chi connectivity index (χ2n) is 7.11. The molecular formula is C24H24N4O3S. The Hall–Kier alpha value is -3.52. The van der Waals surface area contributed by atoms with Crippen LogP contribution in [-0.4, -0.2) is 39.6 Å². The van der Waals surface area contributed by atoms with Crippen LogP contribution in [0.1, 0.15) is 11.1 Å². The summed E-state index contributed by atoms with van der Waals surface area (Å²) in [7, 11) is 0. The van der Waals surface area contributed by atoms with E-state index >= 15 is 0 Å². The largest absolute Gasteiger partial charge is 0.491 e. The Bertz CT molecular complexity index is 1140. The van der Waals surface area contributed by atoms with Gasteiger partial charge >= 0.3 is 0 Å². The topological polar surface area (TPSA) is 82.2 Å². The lowest BCUT2D eigenvalue weighted by Gasteiger charge is -2.10. The SMILES string of the molecule is Cc1ccccc1OCCNC(=O)CSc1nnc(-c2ccco2)n1Cc1ccccc1. The maximum absolute atomic E-state index is 12.3. The van der Waals surface area contributed by atoms with E-state index < -0.39 is 0 Å². The van der Waals surface area contributed by atoms with Gasteiger partial charge in [0.15, 0.2) is 10.9 Å². The number of thioether (sulfide) groups is 1. The molecule has 0 fully saturated rings. The van der Waals surface area contributed by atoms with Gasteiger partial charge in [-0.1, -0.05) is 60.3 Å². The lowest BCUT2D eigenvalue weighted by molar-refractivity contribution is -0.118. The van der Waals surface area contributed by atoms with E-state index in [1.165, 1.54) is 11.8 Å². The van der Waals surface area contributed by atoms with Gasteiger partial charge in [-0.2, -0.15) is 0 Å². The molecule has 7 nitrogen and oxygen atoms in total. The first kappa shape index (κ1) is 21.7. The number of carbonyl (C=O) groups is 1. The van der Waals surface area contributed by atoms with E-state index in [9.17, 15) is 4.79 Å². The summed E-state index contributed by atoms with van der Waals surface area (Å²) in [6.45, 7) is 3.42. The number of benzene rings is 2. The highest BCUT2D eigenvalue weighted by molar-refractivity contribution is 7.99. The number of furan rings is 1. The van der Waals surface area contributed by atoms with Gasteiger partial charge in [0.2, 0.25) is 11.7 Å². The molecule has 0 saturated heterocycles. The van der Waals surface area contributed by atoms with Crippen LogP contribution in [0.4, 0.5) is 0 Å². The zero-order valence-electron chi connectivity index (χ0n) is 17.7. The number of aromatic nitrogens is 3. The second kappa shape index (κ2) is 10.7. The number of aryl methyl sites for hydroxylation is 1. The van der Waals surface area contributed by atoms with E-state index in [4.69, 9.17) is 9.15 Å². The van der Waals surface area contributed by atoms with Crippen LogP contribution in [0.2, 0.25) is 0 Å². The van der Waals surface area contributed by atoms with E-state index in [-0.39, 0.29) is 11.7 Å². The molecule has 8 heteroatoms. The summed E-state index contributed by atoms with van der Waals surface area (Å²) < 4.78 is 13.2. The highest BCUT2D eigenvalue weighted by Gasteiger charge is 2.17. The number of para-hydroxylation sites is 1. The number of hydrogen-bond donors (Lipinski definition) is 1. The molecule has 0 aliphatic carbocycles. The second-order valence-corrected chi connectivity index (χ2v) is 8.05. The first-order valence-electron chi connectivity index (χ1n) is 10.3. The molecule has 2 aromatic carbocycles. The van der Waals surface area contributed by atoms with Gasteiger partial charge in [-0.25, -0.2) is 0 Å².